The van der Waals surface area contributed by atoms with Gasteiger partial charge in [-0.1, -0.05) is 394 Å². The van der Waals surface area contributed by atoms with Crippen LogP contribution in [0.3, 0.4) is 0 Å². The average Bonchev–Trinajstić information content (AvgIpc) is 1.62. The Morgan fingerprint density at radius 2 is 0.468 bits per heavy atom. The van der Waals surface area contributed by atoms with Gasteiger partial charge in [0, 0.05) is 25.2 Å². The smallest absolute Gasteiger partial charge is 0.343 e. The van der Waals surface area contributed by atoms with Crippen LogP contribution in [0.2, 0.25) is 0 Å². The number of imidazole rings is 2. The number of aryl methyl sites for hydroxylation is 2. The van der Waals surface area contributed by atoms with Gasteiger partial charge in [-0.3, -0.25) is 0 Å². The second-order valence-corrected chi connectivity index (χ2v) is 35.6. The molecule has 3 heterocycles. The van der Waals surface area contributed by atoms with Gasteiger partial charge in [-0.2, -0.15) is 0 Å². The Kier molecular flexibility index (Phi) is 56.1. The van der Waals surface area contributed by atoms with Crippen LogP contribution in [0, 0.1) is 0 Å². The number of pyridine rings is 1. The molecule has 15 heteroatoms. The molecule has 0 spiro atoms. The van der Waals surface area contributed by atoms with Gasteiger partial charge in [0.25, 0.3) is 0 Å². The minimum absolute atomic E-state index is 0.341. The normalized spacial score (nSPS) is 11.5. The zero-order valence-electron chi connectivity index (χ0n) is 79.9. The van der Waals surface area contributed by atoms with Crippen LogP contribution in [0.5, 0.6) is 46.0 Å². The van der Waals surface area contributed by atoms with E-state index in [0.717, 1.165) is 99.1 Å². The standard InChI is InChI=1S/C109H173N5O10/c1-9-17-23-29-35-41-47-53-59-65-78-117-100-84-90(85-101(118-79-66-60-54-48-42-36-30-24-18-10-2)104(100)121-82-69-63-57-51-45-39-33-27-21-13-5)108(115)123-92-74-76-94-98(88-92)113(15-7)106(111-94)96-72-71-73-97(110-96)107-112-95-77-75-93(89-99(95)114(107)16-8)124-109(116)91-86-102(119-80-67-61-55-49-43-37-31-25-19-11-3)105(122-83-70-64-58-52-46-40-34-28-22-14-6)103(87-91)120-81-68-62-56-50-44-38-32-26-20-12-4/h71-77,84-89H,9-70,78-83H2,1-8H3. The first kappa shape index (κ1) is 104. The Hall–Kier alpha value is -7.29. The molecule has 0 saturated carbocycles. The number of carbonyl (C=O) groups is 2. The molecule has 0 saturated heterocycles. The van der Waals surface area contributed by atoms with E-state index in [1.165, 1.54) is 308 Å². The van der Waals surface area contributed by atoms with E-state index in [9.17, 15) is 9.59 Å². The van der Waals surface area contributed by atoms with Gasteiger partial charge in [0.1, 0.15) is 22.9 Å². The maximum Gasteiger partial charge on any atom is 0.343 e. The van der Waals surface area contributed by atoms with Crippen molar-refractivity contribution in [3.05, 3.63) is 90.0 Å². The summed E-state index contributed by atoms with van der Waals surface area (Å²) in [7, 11) is 0. The molecule has 694 valence electrons. The zero-order chi connectivity index (χ0) is 87.8. The molecule has 7 aromatic rings. The molecule has 0 N–H and O–H groups in total. The van der Waals surface area contributed by atoms with Gasteiger partial charge in [0.2, 0.25) is 11.5 Å². The van der Waals surface area contributed by atoms with Crippen LogP contribution in [0.4, 0.5) is 0 Å². The summed E-state index contributed by atoms with van der Waals surface area (Å²) in [4.78, 5) is 45.2. The van der Waals surface area contributed by atoms with E-state index in [2.05, 4.69) is 64.5 Å². The first-order valence-corrected chi connectivity index (χ1v) is 51.7. The van der Waals surface area contributed by atoms with Crippen molar-refractivity contribution in [3.63, 3.8) is 0 Å². The summed E-state index contributed by atoms with van der Waals surface area (Å²) in [6.45, 7) is 22.1. The number of carbonyl (C=O) groups excluding carboxylic acids is 2. The summed E-state index contributed by atoms with van der Waals surface area (Å²) in [5, 5.41) is 0. The molecule has 0 atom stereocenters. The number of benzene rings is 4. The zero-order valence-corrected chi connectivity index (χ0v) is 79.9. The van der Waals surface area contributed by atoms with Gasteiger partial charge in [-0.25, -0.2) is 24.5 Å². The predicted molar refractivity (Wildman–Crippen MR) is 520 cm³/mol. The van der Waals surface area contributed by atoms with E-state index >= 15 is 0 Å². The minimum atomic E-state index is -0.512. The number of hydrogen-bond donors (Lipinski definition) is 0. The van der Waals surface area contributed by atoms with E-state index in [1.54, 1.807) is 24.3 Å². The fourth-order valence-electron chi connectivity index (χ4n) is 17.1. The monoisotopic (exact) mass is 1710 g/mol. The highest BCUT2D eigenvalue weighted by Crippen LogP contribution is 2.43. The molecular weight excluding hydrogens is 1540 g/mol. The van der Waals surface area contributed by atoms with Crippen LogP contribution in [0.1, 0.15) is 461 Å². The lowest BCUT2D eigenvalue weighted by atomic mass is 10.1. The van der Waals surface area contributed by atoms with Crippen molar-refractivity contribution in [2.45, 2.75) is 454 Å². The third-order valence-electron chi connectivity index (χ3n) is 24.7. The predicted octanol–water partition coefficient (Wildman–Crippen LogP) is 33.4. The van der Waals surface area contributed by atoms with E-state index < -0.39 is 11.9 Å². The van der Waals surface area contributed by atoms with Crippen molar-refractivity contribution in [2.24, 2.45) is 0 Å². The Labute approximate surface area is 753 Å². The number of nitrogens with zero attached hydrogens (tertiary/aromatic N) is 5. The van der Waals surface area contributed by atoms with Crippen molar-refractivity contribution < 1.29 is 47.5 Å². The van der Waals surface area contributed by atoms with Gasteiger partial charge < -0.3 is 47.0 Å². The number of esters is 2. The van der Waals surface area contributed by atoms with Crippen LogP contribution in [-0.2, 0) is 13.1 Å². The van der Waals surface area contributed by atoms with Gasteiger partial charge >= 0.3 is 11.9 Å². The SMILES string of the molecule is CCCCCCCCCCCCOc1cc(C(=O)Oc2ccc3nc(-c4cccc(-c5nc6ccc(OC(=O)c7cc(OCCCCCCCCCCCC)c(OCCCCCCCCCCCC)c(OCCCCCCCCCCCC)c7)cc6n5CC)n4)n(CC)c3c2)cc(OCCCCCCCCCCCC)c1OCCCCCCCCCCCC. The van der Waals surface area contributed by atoms with Crippen molar-refractivity contribution >= 4 is 34.0 Å². The van der Waals surface area contributed by atoms with Crippen LogP contribution in [0.25, 0.3) is 45.1 Å². The van der Waals surface area contributed by atoms with Gasteiger partial charge in [0.05, 0.1) is 72.8 Å². The highest BCUT2D eigenvalue weighted by Gasteiger charge is 2.26. The molecule has 0 unspecified atom stereocenters. The van der Waals surface area contributed by atoms with Crippen molar-refractivity contribution in [3.8, 4) is 69.0 Å². The van der Waals surface area contributed by atoms with Gasteiger partial charge in [-0.15, -0.1) is 0 Å². The molecule has 0 fully saturated rings. The molecule has 0 aliphatic rings. The number of ether oxygens (including phenoxy) is 8. The Morgan fingerprint density at radius 3 is 0.694 bits per heavy atom. The second kappa shape index (κ2) is 67.0. The largest absolute Gasteiger partial charge is 0.490 e. The van der Waals surface area contributed by atoms with Crippen LogP contribution in [-0.4, -0.2) is 75.7 Å². The second-order valence-electron chi connectivity index (χ2n) is 35.6. The molecular formula is C109H173N5O10. The number of aromatic nitrogens is 5. The van der Waals surface area contributed by atoms with E-state index in [1.807, 2.05) is 54.6 Å². The first-order valence-electron chi connectivity index (χ1n) is 51.7. The Balaban J connectivity index is 1.10. The number of unbranched alkanes of at least 4 members (excludes halogenated alkanes) is 54. The maximum absolute atomic E-state index is 14.8. The van der Waals surface area contributed by atoms with Gasteiger partial charge in [-0.05, 0) is 113 Å². The number of fused-ring (bicyclic) bond motifs is 2. The summed E-state index contributed by atoms with van der Waals surface area (Å²) in [5.74, 6) is 4.35. The molecule has 0 radical (unpaired) electrons. The summed E-state index contributed by atoms with van der Waals surface area (Å²) in [6.07, 6.45) is 73.9. The number of rotatable bonds is 80. The van der Waals surface area contributed by atoms with Crippen LogP contribution >= 0.6 is 0 Å². The maximum atomic E-state index is 14.8. The van der Waals surface area contributed by atoms with Crippen LogP contribution in [0.15, 0.2) is 78.9 Å². The molecule has 0 amide bonds. The molecule has 3 aromatic heterocycles. The molecule has 15 nitrogen and oxygen atoms in total. The van der Waals surface area contributed by atoms with E-state index in [0.29, 0.717) is 133 Å². The fourth-order valence-corrected chi connectivity index (χ4v) is 17.1. The summed E-state index contributed by atoms with van der Waals surface area (Å²) in [5.41, 5.74) is 5.11. The summed E-state index contributed by atoms with van der Waals surface area (Å²) >= 11 is 0. The van der Waals surface area contributed by atoms with E-state index in [-0.39, 0.29) is 0 Å². The number of hydrogen-bond acceptors (Lipinski definition) is 13. The Morgan fingerprint density at radius 1 is 0.250 bits per heavy atom. The molecule has 4 aromatic carbocycles. The van der Waals surface area contributed by atoms with E-state index in [4.69, 9.17) is 52.8 Å². The molecule has 124 heavy (non-hydrogen) atoms. The summed E-state index contributed by atoms with van der Waals surface area (Å²) < 4.78 is 57.2. The lowest BCUT2D eigenvalue weighted by Crippen LogP contribution is -2.12. The summed E-state index contributed by atoms with van der Waals surface area (Å²) in [6, 6.07) is 24.4. The Bertz CT molecular complexity index is 3580. The first-order chi connectivity index (χ1) is 61.2. The molecule has 0 aliphatic carbocycles. The topological polar surface area (TPSA) is 157 Å². The van der Waals surface area contributed by atoms with Gasteiger partial charge in [0.15, 0.2) is 34.6 Å². The lowest BCUT2D eigenvalue weighted by Gasteiger charge is -2.19. The molecule has 0 bridgehead atoms. The third-order valence-corrected chi connectivity index (χ3v) is 24.7. The quantitative estimate of drug-likeness (QED) is 0.0202. The third kappa shape index (κ3) is 40.8. The minimum Gasteiger partial charge on any atom is -0.490 e. The molecule has 7 rings (SSSR count). The van der Waals surface area contributed by atoms with Crippen molar-refractivity contribution in [2.75, 3.05) is 39.6 Å². The highest BCUT2D eigenvalue weighted by atomic mass is 16.6. The molecule has 0 aliphatic heterocycles. The van der Waals surface area contributed by atoms with Crippen LogP contribution < -0.4 is 37.9 Å². The fraction of sp³-hybridized carbons (Fsp3) is 0.697. The average molecular weight is 1710 g/mol. The van der Waals surface area contributed by atoms with Crippen molar-refractivity contribution in [1.29, 1.82) is 0 Å². The lowest BCUT2D eigenvalue weighted by molar-refractivity contribution is 0.0724. The van der Waals surface area contributed by atoms with Crippen molar-refractivity contribution in [1.82, 2.24) is 24.1 Å². The highest BCUT2D eigenvalue weighted by molar-refractivity contribution is 5.94.